The monoisotopic (exact) mass is 527 g/mol. The van der Waals surface area contributed by atoms with Crippen LogP contribution in [0.15, 0.2) is 50.9 Å². The van der Waals surface area contributed by atoms with Gasteiger partial charge in [-0.1, -0.05) is 12.1 Å². The van der Waals surface area contributed by atoms with E-state index in [1.54, 1.807) is 30.3 Å². The van der Waals surface area contributed by atoms with Crippen LogP contribution in [0, 0.1) is 3.57 Å². The number of carboxylic acid groups (broad SMARTS) is 2. The molecule has 10 heteroatoms. The van der Waals surface area contributed by atoms with E-state index in [1.165, 1.54) is 13.2 Å². The number of thioether (sulfide) groups is 1. The summed E-state index contributed by atoms with van der Waals surface area (Å²) in [6.45, 7) is -0.518. The molecule has 3 aromatic rings. The number of oxazole rings is 1. The molecule has 0 saturated carbocycles. The standard InChI is InChI=1S/C19H14INO7S/c1-26-14-7-10(6-11(20)17(14)27-9-16(22)23)8-15(18(24)25)29-19-21-12-4-2-3-5-13(12)28-19/h2-8H,9H2,1H3,(H,22,23)(H,24,25)/b15-8-. The molecule has 0 bridgehead atoms. The molecule has 29 heavy (non-hydrogen) atoms. The first-order valence-corrected chi connectivity index (χ1v) is 9.97. The van der Waals surface area contributed by atoms with Gasteiger partial charge in [0.25, 0.3) is 5.22 Å². The lowest BCUT2D eigenvalue weighted by Gasteiger charge is -2.12. The van der Waals surface area contributed by atoms with E-state index in [4.69, 9.17) is 19.0 Å². The van der Waals surface area contributed by atoms with E-state index in [0.717, 1.165) is 11.8 Å². The number of aliphatic carboxylic acids is 2. The minimum absolute atomic E-state index is 0.00591. The number of para-hydroxylation sites is 2. The zero-order valence-electron chi connectivity index (χ0n) is 14.9. The van der Waals surface area contributed by atoms with Crippen molar-refractivity contribution in [1.29, 1.82) is 0 Å². The van der Waals surface area contributed by atoms with Gasteiger partial charge in [0.05, 0.1) is 10.7 Å². The topological polar surface area (TPSA) is 119 Å². The zero-order chi connectivity index (χ0) is 21.0. The van der Waals surface area contributed by atoms with Crippen LogP contribution in [0.4, 0.5) is 0 Å². The Bertz CT molecular complexity index is 1080. The molecule has 8 nitrogen and oxygen atoms in total. The summed E-state index contributed by atoms with van der Waals surface area (Å²) in [4.78, 5) is 26.7. The van der Waals surface area contributed by atoms with Gasteiger partial charge >= 0.3 is 11.9 Å². The van der Waals surface area contributed by atoms with E-state index in [9.17, 15) is 14.7 Å². The number of ether oxygens (including phenoxy) is 2. The van der Waals surface area contributed by atoms with Crippen molar-refractivity contribution < 1.29 is 33.7 Å². The van der Waals surface area contributed by atoms with E-state index in [1.807, 2.05) is 28.7 Å². The van der Waals surface area contributed by atoms with Crippen molar-refractivity contribution in [2.24, 2.45) is 0 Å². The predicted octanol–water partition coefficient (Wildman–Crippen LogP) is 4.12. The third-order valence-electron chi connectivity index (χ3n) is 3.57. The van der Waals surface area contributed by atoms with Crippen molar-refractivity contribution in [1.82, 2.24) is 4.98 Å². The van der Waals surface area contributed by atoms with Crippen LogP contribution in [0.5, 0.6) is 11.5 Å². The van der Waals surface area contributed by atoms with Gasteiger partial charge in [0.2, 0.25) is 0 Å². The fraction of sp³-hybridized carbons (Fsp3) is 0.105. The van der Waals surface area contributed by atoms with Gasteiger partial charge in [0, 0.05) is 0 Å². The molecule has 3 rings (SSSR count). The Labute approximate surface area is 182 Å². The first kappa shape index (κ1) is 21.0. The molecule has 0 aliphatic rings. The molecule has 1 heterocycles. The van der Waals surface area contributed by atoms with E-state index in [-0.39, 0.29) is 15.9 Å². The number of benzene rings is 2. The summed E-state index contributed by atoms with van der Waals surface area (Å²) in [7, 11) is 1.41. The maximum Gasteiger partial charge on any atom is 0.342 e. The average molecular weight is 527 g/mol. The van der Waals surface area contributed by atoms with Gasteiger partial charge in [-0.05, 0) is 70.3 Å². The molecule has 0 spiro atoms. The molecule has 0 fully saturated rings. The van der Waals surface area contributed by atoms with Gasteiger partial charge in [-0.2, -0.15) is 0 Å². The van der Waals surface area contributed by atoms with Crippen molar-refractivity contribution in [2.75, 3.05) is 13.7 Å². The van der Waals surface area contributed by atoms with Crippen LogP contribution >= 0.6 is 34.4 Å². The second-order valence-electron chi connectivity index (χ2n) is 5.58. The Kier molecular flexibility index (Phi) is 6.64. The van der Waals surface area contributed by atoms with Crippen molar-refractivity contribution in [3.05, 3.63) is 50.4 Å². The normalized spacial score (nSPS) is 11.4. The molecule has 2 aromatic carbocycles. The molecule has 0 saturated heterocycles. The number of fused-ring (bicyclic) bond motifs is 1. The highest BCUT2D eigenvalue weighted by Crippen LogP contribution is 2.36. The van der Waals surface area contributed by atoms with E-state index >= 15 is 0 Å². The van der Waals surface area contributed by atoms with Crippen LogP contribution in [0.25, 0.3) is 17.2 Å². The number of nitrogens with zero attached hydrogens (tertiary/aromatic N) is 1. The summed E-state index contributed by atoms with van der Waals surface area (Å²) in [6, 6.07) is 10.4. The second kappa shape index (κ2) is 9.18. The van der Waals surface area contributed by atoms with Crippen molar-refractivity contribution >= 4 is 63.5 Å². The van der Waals surface area contributed by atoms with Crippen LogP contribution in [0.1, 0.15) is 5.56 Å². The largest absolute Gasteiger partial charge is 0.493 e. The maximum atomic E-state index is 11.7. The molecule has 0 amide bonds. The molecule has 0 aliphatic carbocycles. The Balaban J connectivity index is 1.92. The van der Waals surface area contributed by atoms with Gasteiger partial charge in [-0.15, -0.1) is 0 Å². The van der Waals surface area contributed by atoms with Crippen molar-refractivity contribution in [3.8, 4) is 11.5 Å². The molecule has 0 atom stereocenters. The quantitative estimate of drug-likeness (QED) is 0.253. The SMILES string of the molecule is COc1cc(/C=C(\Sc2nc3ccccc3o2)C(=O)O)cc(I)c1OCC(=O)O. The first-order chi connectivity index (χ1) is 13.9. The Morgan fingerprint density at radius 1 is 1.28 bits per heavy atom. The number of hydrogen-bond donors (Lipinski definition) is 2. The molecule has 0 unspecified atom stereocenters. The van der Waals surface area contributed by atoms with Crippen molar-refractivity contribution in [2.45, 2.75) is 5.22 Å². The molecule has 1 aromatic heterocycles. The summed E-state index contributed by atoms with van der Waals surface area (Å²) < 4.78 is 16.7. The fourth-order valence-corrected chi connectivity index (χ4v) is 3.90. The van der Waals surface area contributed by atoms with E-state index < -0.39 is 18.5 Å². The van der Waals surface area contributed by atoms with Crippen molar-refractivity contribution in [3.63, 3.8) is 0 Å². The highest BCUT2D eigenvalue weighted by atomic mass is 127. The average Bonchev–Trinajstić information content (AvgIpc) is 3.08. The summed E-state index contributed by atoms with van der Waals surface area (Å²) in [5.41, 5.74) is 1.74. The predicted molar refractivity (Wildman–Crippen MR) is 114 cm³/mol. The minimum Gasteiger partial charge on any atom is -0.493 e. The van der Waals surface area contributed by atoms with E-state index in [0.29, 0.717) is 26.0 Å². The van der Waals surface area contributed by atoms with Gasteiger partial charge in [0.15, 0.2) is 23.7 Å². The number of methoxy groups -OCH3 is 1. The van der Waals surface area contributed by atoms with Crippen LogP contribution in [0.2, 0.25) is 0 Å². The number of rotatable bonds is 8. The third-order valence-corrected chi connectivity index (χ3v) is 5.23. The summed E-state index contributed by atoms with van der Waals surface area (Å²) >= 11 is 2.85. The summed E-state index contributed by atoms with van der Waals surface area (Å²) in [6.07, 6.45) is 1.45. The summed E-state index contributed by atoms with van der Waals surface area (Å²) in [5.74, 6) is -1.69. The zero-order valence-corrected chi connectivity index (χ0v) is 17.9. The number of carbonyl (C=O) groups is 2. The molecular formula is C19H14INO7S. The van der Waals surface area contributed by atoms with Crippen LogP contribution < -0.4 is 9.47 Å². The fourth-order valence-electron chi connectivity index (χ4n) is 2.37. The van der Waals surface area contributed by atoms with Gasteiger partial charge in [-0.3, -0.25) is 0 Å². The van der Waals surface area contributed by atoms with Gasteiger partial charge in [-0.25, -0.2) is 14.6 Å². The second-order valence-corrected chi connectivity index (χ2v) is 7.74. The summed E-state index contributed by atoms with van der Waals surface area (Å²) in [5, 5.41) is 18.6. The number of aromatic nitrogens is 1. The number of carboxylic acids is 2. The van der Waals surface area contributed by atoms with Gasteiger partial charge in [0.1, 0.15) is 10.4 Å². The Morgan fingerprint density at radius 2 is 2.03 bits per heavy atom. The highest BCUT2D eigenvalue weighted by Gasteiger charge is 2.17. The van der Waals surface area contributed by atoms with Crippen LogP contribution in [-0.4, -0.2) is 40.9 Å². The highest BCUT2D eigenvalue weighted by molar-refractivity contribution is 14.1. The Morgan fingerprint density at radius 3 is 2.69 bits per heavy atom. The number of hydrogen-bond acceptors (Lipinski definition) is 7. The first-order valence-electron chi connectivity index (χ1n) is 8.08. The van der Waals surface area contributed by atoms with E-state index in [2.05, 4.69) is 4.98 Å². The molecule has 150 valence electrons. The van der Waals surface area contributed by atoms with Gasteiger partial charge < -0.3 is 24.1 Å². The lowest BCUT2D eigenvalue weighted by atomic mass is 10.2. The molecule has 0 aliphatic heterocycles. The smallest absolute Gasteiger partial charge is 0.342 e. The minimum atomic E-state index is -1.14. The van der Waals surface area contributed by atoms with Crippen LogP contribution in [-0.2, 0) is 9.59 Å². The lowest BCUT2D eigenvalue weighted by Crippen LogP contribution is -2.11. The lowest BCUT2D eigenvalue weighted by molar-refractivity contribution is -0.139. The molecule has 2 N–H and O–H groups in total. The van der Waals surface area contributed by atoms with Crippen LogP contribution in [0.3, 0.4) is 0 Å². The third kappa shape index (κ3) is 5.21. The number of halogens is 1. The maximum absolute atomic E-state index is 11.7. The Hall–Kier alpha value is -2.73. The molecule has 0 radical (unpaired) electrons. The molecular weight excluding hydrogens is 513 g/mol.